The topological polar surface area (TPSA) is 84.2 Å². The minimum Gasteiger partial charge on any atom is -0.478 e. The third-order valence-electron chi connectivity index (χ3n) is 7.11. The van der Waals surface area contributed by atoms with Crippen molar-refractivity contribution < 1.29 is 14.7 Å². The number of fused-ring (bicyclic) bond motifs is 1. The molecule has 0 bridgehead atoms. The van der Waals surface area contributed by atoms with E-state index in [0.29, 0.717) is 12.1 Å². The van der Waals surface area contributed by atoms with Crippen molar-refractivity contribution in [2.45, 2.75) is 13.1 Å². The molecule has 0 aliphatic rings. The third-order valence-corrected chi connectivity index (χ3v) is 7.11. The molecule has 0 saturated heterocycles. The van der Waals surface area contributed by atoms with Crippen LogP contribution in [0.2, 0.25) is 0 Å². The molecule has 1 amide bonds. The lowest BCUT2D eigenvalue weighted by Crippen LogP contribution is -2.24. The number of carbonyl (C=O) groups excluding carboxylic acids is 1. The van der Waals surface area contributed by atoms with Crippen LogP contribution in [-0.4, -0.2) is 26.8 Å². The van der Waals surface area contributed by atoms with Crippen molar-refractivity contribution in [3.05, 3.63) is 150 Å². The Balaban J connectivity index is 1.35. The van der Waals surface area contributed by atoms with Gasteiger partial charge >= 0.3 is 5.97 Å². The molecule has 0 aliphatic heterocycles. The summed E-state index contributed by atoms with van der Waals surface area (Å²) < 4.78 is 1.88. The van der Waals surface area contributed by atoms with E-state index in [9.17, 15) is 9.59 Å². The molecule has 0 spiro atoms. The fourth-order valence-electron chi connectivity index (χ4n) is 5.02. The van der Waals surface area contributed by atoms with Gasteiger partial charge in [-0.15, -0.1) is 0 Å². The van der Waals surface area contributed by atoms with E-state index in [1.165, 1.54) is 12.1 Å². The molecule has 5 aromatic carbocycles. The van der Waals surface area contributed by atoms with Crippen LogP contribution in [0.3, 0.4) is 0 Å². The van der Waals surface area contributed by atoms with E-state index in [2.05, 4.69) is 41.7 Å². The number of carboxylic acid groups (broad SMARTS) is 1. The summed E-state index contributed by atoms with van der Waals surface area (Å²) >= 11 is 0. The van der Waals surface area contributed by atoms with Crippen molar-refractivity contribution >= 4 is 22.8 Å². The summed E-state index contributed by atoms with van der Waals surface area (Å²) in [5, 5.41) is 17.8. The van der Waals surface area contributed by atoms with Crippen LogP contribution in [0.15, 0.2) is 128 Å². The highest BCUT2D eigenvalue weighted by Crippen LogP contribution is 2.29. The Morgan fingerprint density at radius 2 is 1.34 bits per heavy atom. The van der Waals surface area contributed by atoms with Gasteiger partial charge in [0.15, 0.2) is 0 Å². The van der Waals surface area contributed by atoms with Crippen LogP contribution in [0.25, 0.3) is 33.2 Å². The predicted octanol–water partition coefficient (Wildman–Crippen LogP) is 7.05. The summed E-state index contributed by atoms with van der Waals surface area (Å²) in [6.07, 6.45) is 1.81. The lowest BCUT2D eigenvalue weighted by atomic mass is 9.99. The molecule has 6 heteroatoms. The first-order valence-electron chi connectivity index (χ1n) is 13.3. The number of nitrogens with zero attached hydrogens (tertiary/aromatic N) is 2. The van der Waals surface area contributed by atoms with Gasteiger partial charge in [0.1, 0.15) is 0 Å². The fourth-order valence-corrected chi connectivity index (χ4v) is 5.02. The van der Waals surface area contributed by atoms with Gasteiger partial charge in [0, 0.05) is 11.9 Å². The van der Waals surface area contributed by atoms with E-state index in [1.54, 1.807) is 12.1 Å². The van der Waals surface area contributed by atoms with E-state index >= 15 is 0 Å². The lowest BCUT2D eigenvalue weighted by Gasteiger charge is -2.13. The minimum atomic E-state index is -0.983. The van der Waals surface area contributed by atoms with Crippen LogP contribution in [0.4, 0.5) is 0 Å². The number of hydrogen-bond donors (Lipinski definition) is 2. The number of hydrogen-bond acceptors (Lipinski definition) is 3. The number of carboxylic acids is 1. The number of aromatic nitrogens is 2. The van der Waals surface area contributed by atoms with Gasteiger partial charge in [-0.25, -0.2) is 4.79 Å². The zero-order valence-electron chi connectivity index (χ0n) is 22.2. The van der Waals surface area contributed by atoms with Crippen molar-refractivity contribution in [1.29, 1.82) is 0 Å². The first kappa shape index (κ1) is 25.8. The van der Waals surface area contributed by atoms with Crippen molar-refractivity contribution in [3.8, 4) is 22.3 Å². The fraction of sp³-hybridized carbons (Fsp3) is 0.0571. The van der Waals surface area contributed by atoms with Crippen LogP contribution in [0, 0.1) is 0 Å². The number of rotatable bonds is 8. The molecule has 2 N–H and O–H groups in total. The standard InChI is InChI=1S/C35H27N3O3/c39-34(36-21-24-14-16-28(17-15-24)35(40)41)32-20-30(27-11-5-2-6-12-27)19-31-22-37-38(33(31)32)23-25-8-7-13-29(18-25)26-9-3-1-4-10-26/h1-20,22H,21,23H2,(H,36,39)(H,40,41). The summed E-state index contributed by atoms with van der Waals surface area (Å²) in [7, 11) is 0. The maximum absolute atomic E-state index is 13.7. The summed E-state index contributed by atoms with van der Waals surface area (Å²) in [6.45, 7) is 0.773. The second-order valence-corrected chi connectivity index (χ2v) is 9.88. The van der Waals surface area contributed by atoms with Gasteiger partial charge in [-0.05, 0) is 63.7 Å². The minimum absolute atomic E-state index is 0.206. The monoisotopic (exact) mass is 537 g/mol. The second kappa shape index (κ2) is 11.3. The molecule has 41 heavy (non-hydrogen) atoms. The average Bonchev–Trinajstić information content (AvgIpc) is 3.43. The Labute approximate surface area is 237 Å². The van der Waals surface area contributed by atoms with Crippen LogP contribution >= 0.6 is 0 Å². The summed E-state index contributed by atoms with van der Waals surface area (Å²) in [5.74, 6) is -1.21. The van der Waals surface area contributed by atoms with Crippen LogP contribution in [0.1, 0.15) is 31.8 Å². The van der Waals surface area contributed by atoms with Crippen molar-refractivity contribution in [3.63, 3.8) is 0 Å². The number of amides is 1. The SMILES string of the molecule is O=C(O)c1ccc(CNC(=O)c2cc(-c3ccccc3)cc3cnn(Cc4cccc(-c5ccccc5)c4)c23)cc1. The second-order valence-electron chi connectivity index (χ2n) is 9.88. The molecule has 1 aromatic heterocycles. The van der Waals surface area contributed by atoms with Gasteiger partial charge in [0.25, 0.3) is 5.91 Å². The Kier molecular flexibility index (Phi) is 7.11. The van der Waals surface area contributed by atoms with Crippen LogP contribution in [-0.2, 0) is 13.1 Å². The maximum Gasteiger partial charge on any atom is 0.335 e. The molecule has 0 aliphatic carbocycles. The van der Waals surface area contributed by atoms with E-state index < -0.39 is 5.97 Å². The van der Waals surface area contributed by atoms with E-state index in [0.717, 1.165) is 44.3 Å². The zero-order chi connectivity index (χ0) is 28.2. The first-order valence-corrected chi connectivity index (χ1v) is 13.3. The normalized spacial score (nSPS) is 10.9. The summed E-state index contributed by atoms with van der Waals surface area (Å²) in [6, 6.07) is 39.0. The largest absolute Gasteiger partial charge is 0.478 e. The molecule has 0 atom stereocenters. The molecule has 200 valence electrons. The van der Waals surface area contributed by atoms with Crippen LogP contribution < -0.4 is 5.32 Å². The van der Waals surface area contributed by atoms with E-state index in [-0.39, 0.29) is 18.0 Å². The Hall–Kier alpha value is -5.49. The molecular weight excluding hydrogens is 510 g/mol. The van der Waals surface area contributed by atoms with Crippen molar-refractivity contribution in [2.24, 2.45) is 0 Å². The van der Waals surface area contributed by atoms with Crippen molar-refractivity contribution in [2.75, 3.05) is 0 Å². The third kappa shape index (κ3) is 5.63. The number of benzene rings is 5. The highest BCUT2D eigenvalue weighted by atomic mass is 16.4. The van der Waals surface area contributed by atoms with Gasteiger partial charge in [0.2, 0.25) is 0 Å². The van der Waals surface area contributed by atoms with Gasteiger partial charge in [-0.2, -0.15) is 5.10 Å². The molecule has 6 aromatic rings. The summed E-state index contributed by atoms with van der Waals surface area (Å²) in [5.41, 5.74) is 7.59. The predicted molar refractivity (Wildman–Crippen MR) is 161 cm³/mol. The molecule has 6 nitrogen and oxygen atoms in total. The maximum atomic E-state index is 13.7. The van der Waals surface area contributed by atoms with Gasteiger partial charge in [-0.1, -0.05) is 91.0 Å². The van der Waals surface area contributed by atoms with Gasteiger partial charge < -0.3 is 10.4 Å². The molecule has 1 heterocycles. The number of aromatic carboxylic acids is 1. The molecule has 0 radical (unpaired) electrons. The lowest BCUT2D eigenvalue weighted by molar-refractivity contribution is 0.0696. The van der Waals surface area contributed by atoms with Crippen molar-refractivity contribution in [1.82, 2.24) is 15.1 Å². The van der Waals surface area contributed by atoms with E-state index in [4.69, 9.17) is 10.2 Å². The average molecular weight is 538 g/mol. The van der Waals surface area contributed by atoms with Crippen LogP contribution in [0.5, 0.6) is 0 Å². The molecule has 0 fully saturated rings. The quantitative estimate of drug-likeness (QED) is 0.218. The summed E-state index contributed by atoms with van der Waals surface area (Å²) in [4.78, 5) is 24.9. The Morgan fingerprint density at radius 1 is 0.683 bits per heavy atom. The number of nitrogens with one attached hydrogen (secondary N) is 1. The number of carbonyl (C=O) groups is 2. The highest BCUT2D eigenvalue weighted by molar-refractivity contribution is 6.07. The Bertz CT molecular complexity index is 1840. The molecule has 0 unspecified atom stereocenters. The van der Waals surface area contributed by atoms with Gasteiger partial charge in [0.05, 0.1) is 29.4 Å². The zero-order valence-corrected chi connectivity index (χ0v) is 22.2. The molecule has 6 rings (SSSR count). The smallest absolute Gasteiger partial charge is 0.335 e. The van der Waals surface area contributed by atoms with E-state index in [1.807, 2.05) is 71.5 Å². The molecular formula is C35H27N3O3. The van der Waals surface area contributed by atoms with Gasteiger partial charge in [-0.3, -0.25) is 9.48 Å². The first-order chi connectivity index (χ1) is 20.0. The molecule has 0 saturated carbocycles. The highest BCUT2D eigenvalue weighted by Gasteiger charge is 2.18. The Morgan fingerprint density at radius 3 is 2.02 bits per heavy atom.